The molecule has 4 aliphatic rings. The molecule has 3 heterocycles. The van der Waals surface area contributed by atoms with Gasteiger partial charge in [0.15, 0.2) is 0 Å². The standard InChI is InChI=1S/C37H46N10O9S/c48-31-30-22-46(36(52)55-23-25-13-10-12-24-11-6-9-17-28(24)25)19-20-47(30)32(49)29(38-35(51)56-27-15-7-8-16-27)18-5-3-1-2-4-14-26-21-37(26,39-31)33(50)42-57(53,54)43-34-40-44-45-41-34/h4,6,9-14,17,26-27,29-30H,1-3,5,7-8,15-16,18-23H2,(H,38,51)(H,39,48)(H,42,50)(H2,40,41,43,44,45)/b14-4+/t26?,29-,30-,37-/m0/s1. The maximum Gasteiger partial charge on any atom is 0.410 e. The monoisotopic (exact) mass is 806 g/mol. The van der Waals surface area contributed by atoms with Gasteiger partial charge in [-0.15, -0.1) is 5.10 Å². The second-order valence-electron chi connectivity index (χ2n) is 14.8. The van der Waals surface area contributed by atoms with Gasteiger partial charge < -0.3 is 29.9 Å². The average molecular weight is 807 g/mol. The molecule has 2 aliphatic carbocycles. The van der Waals surface area contributed by atoms with Crippen molar-refractivity contribution < 1.29 is 41.9 Å². The molecule has 2 aromatic carbocycles. The topological polar surface area (TPSA) is 247 Å². The Balaban J connectivity index is 1.13. The first kappa shape index (κ1) is 39.4. The van der Waals surface area contributed by atoms with E-state index in [4.69, 9.17) is 9.47 Å². The van der Waals surface area contributed by atoms with Crippen LogP contribution in [0.15, 0.2) is 54.6 Å². The van der Waals surface area contributed by atoms with Gasteiger partial charge in [-0.1, -0.05) is 72.6 Å². The van der Waals surface area contributed by atoms with Crippen LogP contribution < -0.4 is 20.1 Å². The normalized spacial score (nSPS) is 25.2. The van der Waals surface area contributed by atoms with Gasteiger partial charge in [-0.25, -0.2) is 19.0 Å². The summed E-state index contributed by atoms with van der Waals surface area (Å²) in [5.74, 6) is -3.37. The van der Waals surface area contributed by atoms with Crippen molar-refractivity contribution >= 4 is 56.8 Å². The Kier molecular flexibility index (Phi) is 11.9. The van der Waals surface area contributed by atoms with E-state index in [0.717, 1.165) is 54.9 Å². The minimum atomic E-state index is -4.57. The number of benzene rings is 2. The molecule has 7 rings (SSSR count). The van der Waals surface area contributed by atoms with Crippen LogP contribution in [0.3, 0.4) is 0 Å². The number of H-pyrrole nitrogens is 1. The Bertz CT molecular complexity index is 2110. The molecule has 1 aromatic heterocycles. The van der Waals surface area contributed by atoms with Gasteiger partial charge in [0.05, 0.1) is 6.54 Å². The minimum Gasteiger partial charge on any atom is -0.446 e. The number of carbonyl (C=O) groups is 5. The number of carbonyl (C=O) groups excluding carboxylic acids is 5. The molecule has 3 fully saturated rings. The average Bonchev–Trinajstić information content (AvgIpc) is 3.48. The van der Waals surface area contributed by atoms with Gasteiger partial charge in [-0.2, -0.15) is 13.6 Å². The summed E-state index contributed by atoms with van der Waals surface area (Å²) in [7, 11) is -4.57. The highest BCUT2D eigenvalue weighted by molar-refractivity contribution is 7.91. The summed E-state index contributed by atoms with van der Waals surface area (Å²) < 4.78 is 41.1. The van der Waals surface area contributed by atoms with Gasteiger partial charge in [0.1, 0.15) is 30.3 Å². The number of nitrogens with one attached hydrogen (secondary N) is 5. The third-order valence-electron chi connectivity index (χ3n) is 10.9. The van der Waals surface area contributed by atoms with Crippen LogP contribution in [0.25, 0.3) is 10.8 Å². The summed E-state index contributed by atoms with van der Waals surface area (Å²) in [5.41, 5.74) is -0.932. The number of amides is 5. The summed E-state index contributed by atoms with van der Waals surface area (Å²) in [6, 6.07) is 11.0. The number of anilines is 1. The SMILES string of the molecule is O=C(N[C@H]1CCCCC/C=C/C2C[C@]2(C(=O)NS(=O)(=O)Nc2nn[nH]n2)NC(=O)[C@@H]2CN(C(=O)OCc3cccc4ccccc34)CCN2C1=O)OC1CCCC1. The molecule has 0 radical (unpaired) electrons. The maximum absolute atomic E-state index is 14.5. The lowest BCUT2D eigenvalue weighted by molar-refractivity contribution is -0.146. The number of rotatable bonds is 8. The summed E-state index contributed by atoms with van der Waals surface area (Å²) in [6.45, 7) is -0.433. The molecule has 1 saturated heterocycles. The zero-order valence-electron chi connectivity index (χ0n) is 31.2. The van der Waals surface area contributed by atoms with E-state index < -0.39 is 69.6 Å². The largest absolute Gasteiger partial charge is 0.446 e. The number of hydrogen-bond donors (Lipinski definition) is 5. The molecule has 2 aliphatic heterocycles. The molecule has 20 heteroatoms. The number of fused-ring (bicyclic) bond motifs is 3. The van der Waals surface area contributed by atoms with Gasteiger partial charge in [0.2, 0.25) is 11.8 Å². The Hall–Kier alpha value is -5.79. The molecule has 3 aromatic rings. The van der Waals surface area contributed by atoms with E-state index in [2.05, 4.69) is 31.3 Å². The Morgan fingerprint density at radius 1 is 0.965 bits per heavy atom. The van der Waals surface area contributed by atoms with Crippen molar-refractivity contribution in [3.63, 3.8) is 0 Å². The molecule has 0 spiro atoms. The van der Waals surface area contributed by atoms with E-state index >= 15 is 0 Å². The molecule has 4 atom stereocenters. The third kappa shape index (κ3) is 9.44. The number of nitrogens with zero attached hydrogens (tertiary/aromatic N) is 5. The Labute approximate surface area is 328 Å². The van der Waals surface area contributed by atoms with Crippen molar-refractivity contribution in [1.29, 1.82) is 0 Å². The summed E-state index contributed by atoms with van der Waals surface area (Å²) >= 11 is 0. The molecule has 5 N–H and O–H groups in total. The highest BCUT2D eigenvalue weighted by atomic mass is 32.2. The second kappa shape index (κ2) is 17.1. The number of piperazine rings is 1. The van der Waals surface area contributed by atoms with E-state index in [1.54, 1.807) is 6.08 Å². The number of hydrogen-bond acceptors (Lipinski definition) is 12. The van der Waals surface area contributed by atoms with E-state index in [-0.39, 0.29) is 45.2 Å². The molecular formula is C37H46N10O9S. The number of aromatic amines is 1. The molecule has 0 bridgehead atoms. The van der Waals surface area contributed by atoms with Crippen molar-refractivity contribution in [2.75, 3.05) is 24.4 Å². The van der Waals surface area contributed by atoms with Crippen LogP contribution in [0.1, 0.15) is 69.8 Å². The fraction of sp³-hybridized carbons (Fsp3) is 0.514. The lowest BCUT2D eigenvalue weighted by Crippen LogP contribution is -2.66. The van der Waals surface area contributed by atoms with E-state index in [0.29, 0.717) is 12.8 Å². The smallest absolute Gasteiger partial charge is 0.410 e. The van der Waals surface area contributed by atoms with E-state index in [9.17, 15) is 32.4 Å². The van der Waals surface area contributed by atoms with Crippen LogP contribution in [-0.2, 0) is 40.7 Å². The number of alkyl carbamates (subject to hydrolysis) is 1. The van der Waals surface area contributed by atoms with Crippen LogP contribution in [0.4, 0.5) is 15.5 Å². The first-order valence-electron chi connectivity index (χ1n) is 19.2. The van der Waals surface area contributed by atoms with Crippen LogP contribution in [-0.4, -0.2) is 112 Å². The fourth-order valence-corrected chi connectivity index (χ4v) is 8.58. The quantitative estimate of drug-likeness (QED) is 0.206. The molecule has 19 nitrogen and oxygen atoms in total. The van der Waals surface area contributed by atoms with Crippen LogP contribution in [0.5, 0.6) is 0 Å². The van der Waals surface area contributed by atoms with Crippen molar-refractivity contribution in [2.45, 2.75) is 94.5 Å². The summed E-state index contributed by atoms with van der Waals surface area (Å²) in [5, 5.41) is 19.9. The van der Waals surface area contributed by atoms with Gasteiger partial charge in [0, 0.05) is 19.0 Å². The number of aromatic nitrogens is 4. The Morgan fingerprint density at radius 2 is 1.75 bits per heavy atom. The first-order chi connectivity index (χ1) is 27.5. The molecular weight excluding hydrogens is 761 g/mol. The van der Waals surface area contributed by atoms with Crippen molar-refractivity contribution in [1.82, 2.24) is 45.8 Å². The van der Waals surface area contributed by atoms with Crippen LogP contribution >= 0.6 is 0 Å². The Morgan fingerprint density at radius 3 is 2.56 bits per heavy atom. The van der Waals surface area contributed by atoms with Crippen molar-refractivity contribution in [3.05, 3.63) is 60.2 Å². The maximum atomic E-state index is 14.5. The van der Waals surface area contributed by atoms with Gasteiger partial charge in [-0.3, -0.25) is 14.4 Å². The lowest BCUT2D eigenvalue weighted by atomic mass is 10.0. The lowest BCUT2D eigenvalue weighted by Gasteiger charge is -2.41. The number of ether oxygens (including phenoxy) is 2. The first-order valence-corrected chi connectivity index (χ1v) is 20.7. The predicted octanol–water partition coefficient (Wildman–Crippen LogP) is 2.41. The molecule has 1 unspecified atom stereocenters. The molecule has 2 saturated carbocycles. The predicted molar refractivity (Wildman–Crippen MR) is 203 cm³/mol. The van der Waals surface area contributed by atoms with E-state index in [1.165, 1.54) is 9.80 Å². The van der Waals surface area contributed by atoms with Gasteiger partial charge >= 0.3 is 22.4 Å². The van der Waals surface area contributed by atoms with Crippen molar-refractivity contribution in [2.24, 2.45) is 5.92 Å². The fourth-order valence-electron chi connectivity index (χ4n) is 7.77. The van der Waals surface area contributed by atoms with E-state index in [1.807, 2.05) is 58.0 Å². The number of tetrazole rings is 1. The zero-order valence-corrected chi connectivity index (χ0v) is 32.0. The molecule has 5 amide bonds. The van der Waals surface area contributed by atoms with Crippen LogP contribution in [0.2, 0.25) is 0 Å². The highest BCUT2D eigenvalue weighted by Crippen LogP contribution is 2.45. The summed E-state index contributed by atoms with van der Waals surface area (Å²) in [4.78, 5) is 72.0. The van der Waals surface area contributed by atoms with Gasteiger partial charge in [-0.05, 0) is 72.9 Å². The zero-order chi connectivity index (χ0) is 40.0. The van der Waals surface area contributed by atoms with Crippen LogP contribution in [0, 0.1) is 5.92 Å². The van der Waals surface area contributed by atoms with Gasteiger partial charge in [0.25, 0.3) is 11.9 Å². The number of allylic oxidation sites excluding steroid dienone is 1. The molecule has 57 heavy (non-hydrogen) atoms. The summed E-state index contributed by atoms with van der Waals surface area (Å²) in [6.07, 6.45) is 8.37. The third-order valence-corrected chi connectivity index (χ3v) is 11.8. The minimum absolute atomic E-state index is 0.0140. The molecule has 304 valence electrons. The second-order valence-corrected chi connectivity index (χ2v) is 16.2. The highest BCUT2D eigenvalue weighted by Gasteiger charge is 2.61. The van der Waals surface area contributed by atoms with Crippen molar-refractivity contribution in [3.8, 4) is 0 Å².